The predicted octanol–water partition coefficient (Wildman–Crippen LogP) is 3.87. The summed E-state index contributed by atoms with van der Waals surface area (Å²) in [6.45, 7) is 2.70. The number of pyridine rings is 1. The zero-order valence-corrected chi connectivity index (χ0v) is 20.6. The van der Waals surface area contributed by atoms with Crippen molar-refractivity contribution in [3.8, 4) is 22.9 Å². The number of hydrogen-bond donors (Lipinski definition) is 3. The number of rotatable bonds is 8. The Morgan fingerprint density at radius 1 is 1.14 bits per heavy atom. The van der Waals surface area contributed by atoms with Gasteiger partial charge < -0.3 is 15.4 Å². The van der Waals surface area contributed by atoms with Crippen LogP contribution < -0.4 is 20.1 Å². The van der Waals surface area contributed by atoms with Gasteiger partial charge in [-0.1, -0.05) is 0 Å². The minimum absolute atomic E-state index is 0.115. The number of benzene rings is 1. The molecule has 0 spiro atoms. The molecule has 0 radical (unpaired) electrons. The Labute approximate surface area is 210 Å². The van der Waals surface area contributed by atoms with Gasteiger partial charge in [-0.15, -0.1) is 0 Å². The Balaban J connectivity index is 1.60. The van der Waals surface area contributed by atoms with E-state index in [2.05, 4.69) is 25.6 Å². The fourth-order valence-electron chi connectivity index (χ4n) is 3.89. The van der Waals surface area contributed by atoms with E-state index in [4.69, 9.17) is 4.74 Å². The van der Waals surface area contributed by atoms with E-state index < -0.39 is 45.1 Å². The van der Waals surface area contributed by atoms with Crippen LogP contribution in [0.4, 0.5) is 29.2 Å². The number of nitrogens with zero attached hydrogens (tertiary/aromatic N) is 3. The van der Waals surface area contributed by atoms with Crippen LogP contribution in [0.2, 0.25) is 0 Å². The van der Waals surface area contributed by atoms with E-state index in [1.165, 1.54) is 25.4 Å². The molecular formula is C23H24F4N6O3S. The Hall–Kier alpha value is -3.52. The van der Waals surface area contributed by atoms with Crippen LogP contribution in [-0.2, 0) is 10.0 Å². The van der Waals surface area contributed by atoms with Crippen molar-refractivity contribution in [1.82, 2.24) is 20.3 Å². The molecule has 0 aliphatic carbocycles. The molecule has 1 aliphatic rings. The molecule has 3 atom stereocenters. The monoisotopic (exact) mass is 540 g/mol. The third-order valence-corrected chi connectivity index (χ3v) is 6.26. The second kappa shape index (κ2) is 10.8. The van der Waals surface area contributed by atoms with Gasteiger partial charge in [0.15, 0.2) is 17.4 Å². The van der Waals surface area contributed by atoms with Crippen molar-refractivity contribution in [1.29, 1.82) is 0 Å². The predicted molar refractivity (Wildman–Crippen MR) is 129 cm³/mol. The largest absolute Gasteiger partial charge is 0.435 e. The molecule has 3 heterocycles. The number of nitrogens with one attached hydrogen (secondary N) is 3. The lowest BCUT2D eigenvalue weighted by atomic mass is 9.92. The summed E-state index contributed by atoms with van der Waals surface area (Å²) in [7, 11) is -4.07. The van der Waals surface area contributed by atoms with Crippen molar-refractivity contribution in [2.45, 2.75) is 25.6 Å². The molecule has 3 unspecified atom stereocenters. The summed E-state index contributed by atoms with van der Waals surface area (Å²) in [6, 6.07) is 5.05. The van der Waals surface area contributed by atoms with Crippen molar-refractivity contribution in [3.63, 3.8) is 0 Å². The van der Waals surface area contributed by atoms with Gasteiger partial charge >= 0.3 is 0 Å². The molecule has 2 aromatic heterocycles. The van der Waals surface area contributed by atoms with Crippen molar-refractivity contribution < 1.29 is 30.7 Å². The Kier molecular flexibility index (Phi) is 7.78. The Morgan fingerprint density at radius 3 is 2.65 bits per heavy atom. The van der Waals surface area contributed by atoms with Gasteiger partial charge in [0.25, 0.3) is 0 Å². The molecule has 0 bridgehead atoms. The SMILES string of the molecule is CC(F)C1CNCC(Nc2nccc(-c3cccnc3Oc3cc(F)c(NS(C)(=O)=O)c(F)c3F)n2)C1. The average Bonchev–Trinajstić information content (AvgIpc) is 2.85. The highest BCUT2D eigenvalue weighted by Gasteiger charge is 2.27. The summed E-state index contributed by atoms with van der Waals surface area (Å²) in [5.41, 5.74) is -0.582. The van der Waals surface area contributed by atoms with Crippen LogP contribution in [0.5, 0.6) is 11.6 Å². The van der Waals surface area contributed by atoms with Crippen molar-refractivity contribution >= 4 is 21.7 Å². The van der Waals surface area contributed by atoms with Gasteiger partial charge in [-0.25, -0.2) is 36.5 Å². The second-order valence-electron chi connectivity index (χ2n) is 8.63. The summed E-state index contributed by atoms with van der Waals surface area (Å²) < 4.78 is 86.9. The first-order valence-corrected chi connectivity index (χ1v) is 13.1. The quantitative estimate of drug-likeness (QED) is 0.291. The van der Waals surface area contributed by atoms with Crippen LogP contribution in [-0.4, -0.2) is 54.9 Å². The molecule has 1 saturated heterocycles. The van der Waals surface area contributed by atoms with Gasteiger partial charge in [0.1, 0.15) is 11.9 Å². The van der Waals surface area contributed by atoms with Crippen LogP contribution in [0.1, 0.15) is 13.3 Å². The smallest absolute Gasteiger partial charge is 0.230 e. The molecule has 198 valence electrons. The fraction of sp³-hybridized carbons (Fsp3) is 0.348. The molecule has 9 nitrogen and oxygen atoms in total. The maximum Gasteiger partial charge on any atom is 0.230 e. The highest BCUT2D eigenvalue weighted by molar-refractivity contribution is 7.92. The van der Waals surface area contributed by atoms with E-state index in [9.17, 15) is 26.0 Å². The van der Waals surface area contributed by atoms with Crippen LogP contribution in [0.3, 0.4) is 0 Å². The zero-order chi connectivity index (χ0) is 26.7. The molecule has 0 saturated carbocycles. The molecule has 37 heavy (non-hydrogen) atoms. The normalized spacial score (nSPS) is 18.8. The van der Waals surface area contributed by atoms with Gasteiger partial charge in [0.2, 0.25) is 27.7 Å². The topological polar surface area (TPSA) is 118 Å². The lowest BCUT2D eigenvalue weighted by Gasteiger charge is -2.31. The second-order valence-corrected chi connectivity index (χ2v) is 10.4. The van der Waals surface area contributed by atoms with Gasteiger partial charge in [-0.2, -0.15) is 4.39 Å². The van der Waals surface area contributed by atoms with Crippen molar-refractivity contribution in [3.05, 3.63) is 54.1 Å². The standard InChI is InChI=1S/C23H24F4N6O3S/c1-12(24)13-8-14(11-28-10-13)31-23-30-7-5-17(32-23)15-4-3-6-29-22(15)36-18-9-16(25)21(20(27)19(18)26)33-37(2,34)35/h3-7,9,12-14,28,33H,8,10-11H2,1-2H3,(H,30,31,32). The van der Waals surface area contributed by atoms with Gasteiger partial charge in [-0.3, -0.25) is 4.72 Å². The summed E-state index contributed by atoms with van der Waals surface area (Å²) in [6.07, 6.45) is 3.09. The van der Waals surface area contributed by atoms with Crippen LogP contribution in [0.15, 0.2) is 36.7 Å². The van der Waals surface area contributed by atoms with E-state index in [0.29, 0.717) is 37.5 Å². The highest BCUT2D eigenvalue weighted by atomic mass is 32.2. The fourth-order valence-corrected chi connectivity index (χ4v) is 4.45. The number of halogens is 4. The summed E-state index contributed by atoms with van der Waals surface area (Å²) in [4.78, 5) is 12.7. The molecule has 3 N–H and O–H groups in total. The van der Waals surface area contributed by atoms with Crippen molar-refractivity contribution in [2.75, 3.05) is 29.4 Å². The minimum atomic E-state index is -4.07. The third-order valence-electron chi connectivity index (χ3n) is 5.69. The molecule has 1 aromatic carbocycles. The number of ether oxygens (including phenoxy) is 1. The summed E-state index contributed by atoms with van der Waals surface area (Å²) in [5.74, 6) is -5.72. The number of sulfonamides is 1. The number of anilines is 2. The van der Waals surface area contributed by atoms with Gasteiger partial charge in [-0.05, 0) is 31.5 Å². The minimum Gasteiger partial charge on any atom is -0.435 e. The molecule has 14 heteroatoms. The maximum atomic E-state index is 14.7. The third kappa shape index (κ3) is 6.43. The average molecular weight is 541 g/mol. The van der Waals surface area contributed by atoms with E-state index in [0.717, 1.165) is 0 Å². The molecule has 0 amide bonds. The number of piperidine rings is 1. The van der Waals surface area contributed by atoms with Crippen LogP contribution >= 0.6 is 0 Å². The Bertz CT molecular complexity index is 1390. The van der Waals surface area contributed by atoms with E-state index >= 15 is 0 Å². The Morgan fingerprint density at radius 2 is 1.92 bits per heavy atom. The number of alkyl halides is 1. The van der Waals surface area contributed by atoms with Gasteiger partial charge in [0.05, 0.1) is 17.5 Å². The van der Waals surface area contributed by atoms with E-state index in [1.807, 2.05) is 0 Å². The highest BCUT2D eigenvalue weighted by Crippen LogP contribution is 2.35. The number of aromatic nitrogens is 3. The first-order chi connectivity index (χ1) is 17.5. The lowest BCUT2D eigenvalue weighted by molar-refractivity contribution is 0.202. The van der Waals surface area contributed by atoms with Crippen LogP contribution in [0, 0.1) is 23.4 Å². The molecule has 3 aromatic rings. The molecule has 1 aliphatic heterocycles. The van der Waals surface area contributed by atoms with Crippen molar-refractivity contribution in [2.24, 2.45) is 5.92 Å². The maximum absolute atomic E-state index is 14.7. The zero-order valence-electron chi connectivity index (χ0n) is 19.8. The van der Waals surface area contributed by atoms with Gasteiger partial charge in [0, 0.05) is 43.5 Å². The van der Waals surface area contributed by atoms with Crippen LogP contribution in [0.25, 0.3) is 11.3 Å². The van der Waals surface area contributed by atoms with E-state index in [1.54, 1.807) is 16.9 Å². The summed E-state index contributed by atoms with van der Waals surface area (Å²) in [5, 5.41) is 6.34. The number of hydrogen-bond acceptors (Lipinski definition) is 8. The molecular weight excluding hydrogens is 516 g/mol. The summed E-state index contributed by atoms with van der Waals surface area (Å²) >= 11 is 0. The molecule has 4 rings (SSSR count). The molecule has 1 fully saturated rings. The first kappa shape index (κ1) is 26.5. The lowest BCUT2D eigenvalue weighted by Crippen LogP contribution is -2.45. The first-order valence-electron chi connectivity index (χ1n) is 11.2. The van der Waals surface area contributed by atoms with E-state index in [-0.39, 0.29) is 29.4 Å².